The predicted octanol–water partition coefficient (Wildman–Crippen LogP) is 2.20. The van der Waals surface area contributed by atoms with Gasteiger partial charge in [-0.1, -0.05) is 0 Å². The molecule has 1 amide bonds. The number of rotatable bonds is 5. The third-order valence-electron chi connectivity index (χ3n) is 3.38. The molecule has 1 N–H and O–H groups in total. The van der Waals surface area contributed by atoms with Crippen molar-refractivity contribution in [1.29, 1.82) is 0 Å². The van der Waals surface area contributed by atoms with E-state index in [0.717, 1.165) is 25.8 Å². The quantitative estimate of drug-likeness (QED) is 0.841. The number of ketones is 1. The number of likely N-dealkylation sites (tertiary alicyclic amines) is 1. The normalized spacial score (nSPS) is 19.8. The molecule has 1 rings (SSSR count). The minimum Gasteiger partial charge on any atom is -0.444 e. The van der Waals surface area contributed by atoms with Crippen molar-refractivity contribution in [2.24, 2.45) is 5.92 Å². The standard InChI is InChI=1S/C15H28N2O3/c1-15(2,3)20-14(19)17-9-5-6-12(11-17)7-8-13(18)10-16-4/h12,16H,5-11H2,1-4H3. The number of carbonyl (C=O) groups excluding carboxylic acids is 2. The fourth-order valence-corrected chi connectivity index (χ4v) is 2.44. The van der Waals surface area contributed by atoms with Crippen LogP contribution in [0.2, 0.25) is 0 Å². The summed E-state index contributed by atoms with van der Waals surface area (Å²) in [5.74, 6) is 0.652. The number of nitrogens with zero attached hydrogens (tertiary/aromatic N) is 1. The van der Waals surface area contributed by atoms with Gasteiger partial charge in [0.1, 0.15) is 11.4 Å². The Bertz CT molecular complexity index is 337. The zero-order valence-corrected chi connectivity index (χ0v) is 13.2. The van der Waals surface area contributed by atoms with Gasteiger partial charge in [0.25, 0.3) is 0 Å². The average Bonchev–Trinajstić information content (AvgIpc) is 2.35. The fraction of sp³-hybridized carbons (Fsp3) is 0.867. The molecule has 1 unspecified atom stereocenters. The lowest BCUT2D eigenvalue weighted by molar-refractivity contribution is -0.118. The Morgan fingerprint density at radius 3 is 2.65 bits per heavy atom. The van der Waals surface area contributed by atoms with E-state index in [9.17, 15) is 9.59 Å². The van der Waals surface area contributed by atoms with E-state index in [4.69, 9.17) is 4.74 Å². The second-order valence-corrected chi connectivity index (χ2v) is 6.54. The molecular weight excluding hydrogens is 256 g/mol. The van der Waals surface area contributed by atoms with Crippen LogP contribution < -0.4 is 5.32 Å². The van der Waals surface area contributed by atoms with Crippen molar-refractivity contribution in [2.75, 3.05) is 26.7 Å². The summed E-state index contributed by atoms with van der Waals surface area (Å²) >= 11 is 0. The minimum atomic E-state index is -0.452. The first kappa shape index (κ1) is 17.0. The van der Waals surface area contributed by atoms with E-state index >= 15 is 0 Å². The summed E-state index contributed by atoms with van der Waals surface area (Å²) in [6, 6.07) is 0. The largest absolute Gasteiger partial charge is 0.444 e. The fourth-order valence-electron chi connectivity index (χ4n) is 2.44. The molecule has 0 spiro atoms. The van der Waals surface area contributed by atoms with Crippen LogP contribution in [0.1, 0.15) is 46.5 Å². The van der Waals surface area contributed by atoms with Crippen LogP contribution in [0, 0.1) is 5.92 Å². The predicted molar refractivity (Wildman–Crippen MR) is 78.7 cm³/mol. The number of Topliss-reactive ketones (excluding diaryl/α,β-unsaturated/α-hetero) is 1. The van der Waals surface area contributed by atoms with E-state index < -0.39 is 5.60 Å². The van der Waals surface area contributed by atoms with E-state index in [1.807, 2.05) is 20.8 Å². The Labute approximate surface area is 122 Å². The lowest BCUT2D eigenvalue weighted by Crippen LogP contribution is -2.43. The molecule has 0 aromatic rings. The summed E-state index contributed by atoms with van der Waals surface area (Å²) in [4.78, 5) is 25.3. The van der Waals surface area contributed by atoms with Crippen molar-refractivity contribution in [2.45, 2.75) is 52.1 Å². The van der Waals surface area contributed by atoms with Gasteiger partial charge < -0.3 is 15.0 Å². The first-order valence-electron chi connectivity index (χ1n) is 7.46. The molecule has 0 aromatic carbocycles. The summed E-state index contributed by atoms with van der Waals surface area (Å²) in [7, 11) is 1.78. The molecule has 20 heavy (non-hydrogen) atoms. The molecule has 5 heteroatoms. The Kier molecular flexibility index (Phi) is 6.46. The molecule has 1 heterocycles. The minimum absolute atomic E-state index is 0.233. The van der Waals surface area contributed by atoms with Crippen LogP contribution in [-0.2, 0) is 9.53 Å². The highest BCUT2D eigenvalue weighted by Gasteiger charge is 2.27. The number of piperidine rings is 1. The number of hydrogen-bond donors (Lipinski definition) is 1. The Morgan fingerprint density at radius 2 is 2.05 bits per heavy atom. The van der Waals surface area contributed by atoms with E-state index in [1.54, 1.807) is 11.9 Å². The lowest BCUT2D eigenvalue weighted by Gasteiger charge is -2.34. The monoisotopic (exact) mass is 284 g/mol. The van der Waals surface area contributed by atoms with Crippen molar-refractivity contribution in [1.82, 2.24) is 10.2 Å². The van der Waals surface area contributed by atoms with Crippen LogP contribution in [0.3, 0.4) is 0 Å². The van der Waals surface area contributed by atoms with E-state index in [-0.39, 0.29) is 11.9 Å². The lowest BCUT2D eigenvalue weighted by atomic mass is 9.92. The first-order chi connectivity index (χ1) is 9.31. The maximum absolute atomic E-state index is 12.0. The van der Waals surface area contributed by atoms with Crippen LogP contribution >= 0.6 is 0 Å². The highest BCUT2D eigenvalue weighted by molar-refractivity contribution is 5.80. The number of likely N-dealkylation sites (N-methyl/N-ethyl adjacent to an activating group) is 1. The van der Waals surface area contributed by atoms with Crippen molar-refractivity contribution in [3.63, 3.8) is 0 Å². The van der Waals surface area contributed by atoms with Crippen molar-refractivity contribution in [3.05, 3.63) is 0 Å². The number of amides is 1. The highest BCUT2D eigenvalue weighted by atomic mass is 16.6. The van der Waals surface area contributed by atoms with Crippen LogP contribution in [0.4, 0.5) is 4.79 Å². The molecule has 5 nitrogen and oxygen atoms in total. The number of carbonyl (C=O) groups is 2. The van der Waals surface area contributed by atoms with Crippen molar-refractivity contribution in [3.8, 4) is 0 Å². The molecule has 0 aliphatic carbocycles. The Hall–Kier alpha value is -1.10. The molecule has 0 radical (unpaired) electrons. The highest BCUT2D eigenvalue weighted by Crippen LogP contribution is 2.22. The Morgan fingerprint density at radius 1 is 1.35 bits per heavy atom. The molecule has 1 atom stereocenters. The summed E-state index contributed by atoms with van der Waals surface area (Å²) < 4.78 is 5.40. The molecule has 0 bridgehead atoms. The third-order valence-corrected chi connectivity index (χ3v) is 3.38. The molecule has 1 saturated heterocycles. The summed E-state index contributed by atoms with van der Waals surface area (Å²) in [5, 5.41) is 2.87. The van der Waals surface area contributed by atoms with E-state index in [2.05, 4.69) is 5.32 Å². The molecular formula is C15H28N2O3. The maximum Gasteiger partial charge on any atom is 0.410 e. The van der Waals surface area contributed by atoms with Gasteiger partial charge in [-0.3, -0.25) is 4.79 Å². The van der Waals surface area contributed by atoms with Gasteiger partial charge in [-0.05, 0) is 53.0 Å². The van der Waals surface area contributed by atoms with E-state index in [1.165, 1.54) is 0 Å². The summed E-state index contributed by atoms with van der Waals surface area (Å²) in [5.41, 5.74) is -0.452. The maximum atomic E-state index is 12.0. The number of nitrogens with one attached hydrogen (secondary N) is 1. The zero-order valence-electron chi connectivity index (χ0n) is 13.2. The average molecular weight is 284 g/mol. The Balaban J connectivity index is 2.38. The van der Waals surface area contributed by atoms with Gasteiger partial charge >= 0.3 is 6.09 Å². The second kappa shape index (κ2) is 7.62. The molecule has 0 aromatic heterocycles. The zero-order chi connectivity index (χ0) is 15.2. The van der Waals surface area contributed by atoms with Gasteiger partial charge in [0, 0.05) is 19.5 Å². The van der Waals surface area contributed by atoms with Crippen LogP contribution in [0.5, 0.6) is 0 Å². The molecule has 116 valence electrons. The summed E-state index contributed by atoms with van der Waals surface area (Å²) in [6.07, 6.45) is 3.30. The van der Waals surface area contributed by atoms with Crippen LogP contribution in [0.15, 0.2) is 0 Å². The number of ether oxygens (including phenoxy) is 1. The first-order valence-corrected chi connectivity index (χ1v) is 7.46. The summed E-state index contributed by atoms with van der Waals surface area (Å²) in [6.45, 7) is 7.54. The molecule has 0 saturated carbocycles. The molecule has 1 aliphatic rings. The van der Waals surface area contributed by atoms with E-state index in [0.29, 0.717) is 25.4 Å². The van der Waals surface area contributed by atoms with Gasteiger partial charge in [0.15, 0.2) is 0 Å². The smallest absolute Gasteiger partial charge is 0.410 e. The molecule has 1 fully saturated rings. The van der Waals surface area contributed by atoms with Crippen molar-refractivity contribution < 1.29 is 14.3 Å². The van der Waals surface area contributed by atoms with Crippen molar-refractivity contribution >= 4 is 11.9 Å². The topological polar surface area (TPSA) is 58.6 Å². The van der Waals surface area contributed by atoms with Crippen LogP contribution in [0.25, 0.3) is 0 Å². The third kappa shape index (κ3) is 6.37. The van der Waals surface area contributed by atoms with Gasteiger partial charge in [-0.15, -0.1) is 0 Å². The van der Waals surface area contributed by atoms with Gasteiger partial charge in [-0.25, -0.2) is 4.79 Å². The van der Waals surface area contributed by atoms with Gasteiger partial charge in [0.05, 0.1) is 6.54 Å². The van der Waals surface area contributed by atoms with Gasteiger partial charge in [-0.2, -0.15) is 0 Å². The SMILES string of the molecule is CNCC(=O)CCC1CCCN(C(=O)OC(C)(C)C)C1. The second-order valence-electron chi connectivity index (χ2n) is 6.54. The molecule has 1 aliphatic heterocycles. The van der Waals surface area contributed by atoms with Crippen LogP contribution in [-0.4, -0.2) is 49.1 Å². The van der Waals surface area contributed by atoms with Gasteiger partial charge in [0.2, 0.25) is 0 Å². The number of hydrogen-bond acceptors (Lipinski definition) is 4.